The maximum atomic E-state index is 11.1. The number of nitrogens with two attached hydrogens (primary N) is 2. The fraction of sp³-hybridized carbons (Fsp3) is 0.143. The van der Waals surface area contributed by atoms with Gasteiger partial charge in [0.05, 0.1) is 18.5 Å². The Morgan fingerprint density at radius 1 is 1.20 bits per heavy atom. The number of aromatic nitrogens is 1. The zero-order valence-corrected chi connectivity index (χ0v) is 11.2. The van der Waals surface area contributed by atoms with Crippen LogP contribution in [0, 0.1) is 6.92 Å². The van der Waals surface area contributed by atoms with Gasteiger partial charge in [0.2, 0.25) is 11.8 Å². The zero-order valence-electron chi connectivity index (χ0n) is 11.2. The van der Waals surface area contributed by atoms with Crippen LogP contribution >= 0.6 is 0 Å². The number of hydrogen-bond donors (Lipinski definition) is 2. The molecule has 0 spiro atoms. The van der Waals surface area contributed by atoms with Gasteiger partial charge >= 0.3 is 0 Å². The van der Waals surface area contributed by atoms with Crippen molar-refractivity contribution in [2.75, 3.05) is 12.8 Å². The zero-order chi connectivity index (χ0) is 14.7. The monoisotopic (exact) mass is 273 g/mol. The number of aryl methyl sites for hydroxylation is 1. The fourth-order valence-electron chi connectivity index (χ4n) is 1.62. The predicted octanol–water partition coefficient (Wildman–Crippen LogP) is 1.87. The molecule has 1 aromatic heterocycles. The van der Waals surface area contributed by atoms with Gasteiger partial charge in [0.15, 0.2) is 11.5 Å². The van der Waals surface area contributed by atoms with Crippen LogP contribution in [0.4, 0.5) is 5.69 Å². The summed E-state index contributed by atoms with van der Waals surface area (Å²) in [7, 11) is 1.48. The first-order valence-electron chi connectivity index (χ1n) is 5.90. The van der Waals surface area contributed by atoms with Gasteiger partial charge in [-0.3, -0.25) is 4.79 Å². The summed E-state index contributed by atoms with van der Waals surface area (Å²) in [5.41, 5.74) is 12.5. The standard InChI is InChI=1S/C14H15N3O3/c1-8-10(15)4-6-13(17-8)20-11-5-3-9(14(16)18)7-12(11)19-2/h3-7H,15H2,1-2H3,(H2,16,18). The predicted molar refractivity (Wildman–Crippen MR) is 75.0 cm³/mol. The van der Waals surface area contributed by atoms with Crippen molar-refractivity contribution in [2.24, 2.45) is 5.73 Å². The van der Waals surface area contributed by atoms with Crippen LogP contribution in [-0.2, 0) is 0 Å². The summed E-state index contributed by atoms with van der Waals surface area (Å²) in [4.78, 5) is 15.3. The summed E-state index contributed by atoms with van der Waals surface area (Å²) >= 11 is 0. The van der Waals surface area contributed by atoms with Crippen LogP contribution in [0.25, 0.3) is 0 Å². The number of primary amides is 1. The summed E-state index contributed by atoms with van der Waals surface area (Å²) < 4.78 is 10.8. The molecule has 0 aliphatic rings. The van der Waals surface area contributed by atoms with Crippen LogP contribution in [0.2, 0.25) is 0 Å². The Morgan fingerprint density at radius 2 is 1.95 bits per heavy atom. The molecule has 4 N–H and O–H groups in total. The Balaban J connectivity index is 2.32. The molecular formula is C14H15N3O3. The van der Waals surface area contributed by atoms with Crippen molar-refractivity contribution in [1.29, 1.82) is 0 Å². The second-order valence-corrected chi connectivity index (χ2v) is 4.16. The Morgan fingerprint density at radius 3 is 2.55 bits per heavy atom. The fourth-order valence-corrected chi connectivity index (χ4v) is 1.62. The van der Waals surface area contributed by atoms with E-state index in [2.05, 4.69) is 4.98 Å². The summed E-state index contributed by atoms with van der Waals surface area (Å²) in [5.74, 6) is 0.699. The summed E-state index contributed by atoms with van der Waals surface area (Å²) in [6.07, 6.45) is 0. The van der Waals surface area contributed by atoms with Crippen LogP contribution in [0.1, 0.15) is 16.1 Å². The third kappa shape index (κ3) is 2.80. The molecule has 0 aliphatic carbocycles. The Hall–Kier alpha value is -2.76. The maximum absolute atomic E-state index is 11.1. The lowest BCUT2D eigenvalue weighted by molar-refractivity contribution is 0.1000. The highest BCUT2D eigenvalue weighted by Crippen LogP contribution is 2.32. The van der Waals surface area contributed by atoms with Gasteiger partial charge in [-0.05, 0) is 31.2 Å². The summed E-state index contributed by atoms with van der Waals surface area (Å²) in [6.45, 7) is 1.79. The van der Waals surface area contributed by atoms with Crippen molar-refractivity contribution in [3.63, 3.8) is 0 Å². The highest BCUT2D eigenvalue weighted by molar-refractivity contribution is 5.93. The van der Waals surface area contributed by atoms with Crippen molar-refractivity contribution in [3.05, 3.63) is 41.6 Å². The van der Waals surface area contributed by atoms with E-state index in [1.807, 2.05) is 0 Å². The molecule has 0 saturated carbocycles. The molecule has 0 unspecified atom stereocenters. The number of rotatable bonds is 4. The van der Waals surface area contributed by atoms with E-state index in [1.54, 1.807) is 31.2 Å². The van der Waals surface area contributed by atoms with E-state index in [0.717, 1.165) is 0 Å². The average Bonchev–Trinajstić information content (AvgIpc) is 2.43. The van der Waals surface area contributed by atoms with Gasteiger partial charge in [0.1, 0.15) is 0 Å². The van der Waals surface area contributed by atoms with E-state index in [0.29, 0.717) is 34.3 Å². The summed E-state index contributed by atoms with van der Waals surface area (Å²) in [6, 6.07) is 8.05. The van der Waals surface area contributed by atoms with E-state index in [9.17, 15) is 4.79 Å². The van der Waals surface area contributed by atoms with Gasteiger partial charge in [-0.25, -0.2) is 4.98 Å². The number of anilines is 1. The van der Waals surface area contributed by atoms with E-state index in [4.69, 9.17) is 20.9 Å². The lowest BCUT2D eigenvalue weighted by atomic mass is 10.2. The minimum absolute atomic E-state index is 0.343. The number of ether oxygens (including phenoxy) is 2. The summed E-state index contributed by atoms with van der Waals surface area (Å²) in [5, 5.41) is 0. The first-order chi connectivity index (χ1) is 9.51. The van der Waals surface area contributed by atoms with Crippen LogP contribution in [0.5, 0.6) is 17.4 Å². The van der Waals surface area contributed by atoms with Gasteiger partial charge in [-0.15, -0.1) is 0 Å². The molecule has 0 bridgehead atoms. The second-order valence-electron chi connectivity index (χ2n) is 4.16. The quantitative estimate of drug-likeness (QED) is 0.885. The molecule has 1 heterocycles. The van der Waals surface area contributed by atoms with E-state index in [-0.39, 0.29) is 0 Å². The Labute approximate surface area is 116 Å². The second kappa shape index (κ2) is 5.48. The normalized spacial score (nSPS) is 10.1. The lowest BCUT2D eigenvalue weighted by Crippen LogP contribution is -2.10. The van der Waals surface area contributed by atoms with Crippen molar-refractivity contribution in [1.82, 2.24) is 4.98 Å². The molecule has 2 rings (SSSR count). The smallest absolute Gasteiger partial charge is 0.248 e. The number of amides is 1. The van der Waals surface area contributed by atoms with Crippen molar-refractivity contribution < 1.29 is 14.3 Å². The molecule has 0 aliphatic heterocycles. The first-order valence-corrected chi connectivity index (χ1v) is 5.90. The van der Waals surface area contributed by atoms with Crippen molar-refractivity contribution >= 4 is 11.6 Å². The number of pyridine rings is 1. The van der Waals surface area contributed by atoms with Crippen LogP contribution < -0.4 is 20.9 Å². The Bertz CT molecular complexity index is 656. The topological polar surface area (TPSA) is 100 Å². The largest absolute Gasteiger partial charge is 0.493 e. The highest BCUT2D eigenvalue weighted by atomic mass is 16.5. The molecule has 1 amide bonds. The number of carbonyl (C=O) groups excluding carboxylic acids is 1. The van der Waals surface area contributed by atoms with Gasteiger partial charge in [-0.1, -0.05) is 0 Å². The molecule has 2 aromatic rings. The molecule has 20 heavy (non-hydrogen) atoms. The molecule has 0 saturated heterocycles. The van der Waals surface area contributed by atoms with E-state index >= 15 is 0 Å². The number of methoxy groups -OCH3 is 1. The molecule has 1 aromatic carbocycles. The van der Waals surface area contributed by atoms with Gasteiger partial charge in [0, 0.05) is 11.6 Å². The molecular weight excluding hydrogens is 258 g/mol. The third-order valence-corrected chi connectivity index (χ3v) is 2.76. The van der Waals surface area contributed by atoms with Gasteiger partial charge in [0.25, 0.3) is 0 Å². The molecule has 0 fully saturated rings. The van der Waals surface area contributed by atoms with E-state index in [1.165, 1.54) is 13.2 Å². The molecule has 6 heteroatoms. The third-order valence-electron chi connectivity index (χ3n) is 2.76. The SMILES string of the molecule is COc1cc(C(N)=O)ccc1Oc1ccc(N)c(C)n1. The van der Waals surface area contributed by atoms with E-state index < -0.39 is 5.91 Å². The van der Waals surface area contributed by atoms with Crippen LogP contribution in [-0.4, -0.2) is 18.0 Å². The minimum atomic E-state index is -0.531. The van der Waals surface area contributed by atoms with Gasteiger partial charge < -0.3 is 20.9 Å². The molecule has 104 valence electrons. The number of carbonyl (C=O) groups is 1. The van der Waals surface area contributed by atoms with Crippen LogP contribution in [0.3, 0.4) is 0 Å². The number of nitrogens with zero attached hydrogens (tertiary/aromatic N) is 1. The first kappa shape index (κ1) is 13.7. The average molecular weight is 273 g/mol. The Kier molecular flexibility index (Phi) is 3.74. The molecule has 6 nitrogen and oxygen atoms in total. The van der Waals surface area contributed by atoms with Crippen molar-refractivity contribution in [2.45, 2.75) is 6.92 Å². The van der Waals surface area contributed by atoms with Gasteiger partial charge in [-0.2, -0.15) is 0 Å². The van der Waals surface area contributed by atoms with Crippen LogP contribution in [0.15, 0.2) is 30.3 Å². The van der Waals surface area contributed by atoms with Crippen molar-refractivity contribution in [3.8, 4) is 17.4 Å². The number of benzene rings is 1. The minimum Gasteiger partial charge on any atom is -0.493 e. The number of hydrogen-bond acceptors (Lipinski definition) is 5. The molecule has 0 radical (unpaired) electrons. The molecule has 0 atom stereocenters. The highest BCUT2D eigenvalue weighted by Gasteiger charge is 2.10. The maximum Gasteiger partial charge on any atom is 0.248 e. The lowest BCUT2D eigenvalue weighted by Gasteiger charge is -2.11. The number of nitrogen functional groups attached to an aromatic ring is 1.